The second-order valence-corrected chi connectivity index (χ2v) is 6.04. The average Bonchev–Trinajstić information content (AvgIpc) is 2.35. The van der Waals surface area contributed by atoms with E-state index in [0.717, 1.165) is 17.7 Å². The molecule has 0 fully saturated rings. The molecule has 1 rings (SSSR count). The quantitative estimate of drug-likeness (QED) is 0.300. The van der Waals surface area contributed by atoms with Gasteiger partial charge in [-0.2, -0.15) is 0 Å². The van der Waals surface area contributed by atoms with Crippen LogP contribution in [0, 0.1) is 3.57 Å². The van der Waals surface area contributed by atoms with Crippen molar-refractivity contribution in [3.05, 3.63) is 27.8 Å². The lowest BCUT2D eigenvalue weighted by molar-refractivity contribution is 0.302. The maximum Gasteiger partial charge on any atom is 0.132 e. The highest BCUT2D eigenvalue weighted by Crippen LogP contribution is 2.20. The van der Waals surface area contributed by atoms with Gasteiger partial charge in [0, 0.05) is 5.33 Å². The number of rotatable bonds is 9. The summed E-state index contributed by atoms with van der Waals surface area (Å²) in [5.41, 5.74) is 0. The Labute approximate surface area is 127 Å². The van der Waals surface area contributed by atoms with E-state index in [4.69, 9.17) is 4.74 Å². The molecule has 0 aliphatic heterocycles. The molecule has 96 valence electrons. The zero-order valence-corrected chi connectivity index (χ0v) is 13.9. The van der Waals surface area contributed by atoms with Crippen LogP contribution < -0.4 is 4.74 Å². The molecule has 0 saturated carbocycles. The molecule has 17 heavy (non-hydrogen) atoms. The van der Waals surface area contributed by atoms with Crippen molar-refractivity contribution in [1.82, 2.24) is 0 Å². The summed E-state index contributed by atoms with van der Waals surface area (Å²) in [7, 11) is 0. The molecule has 0 bridgehead atoms. The number of benzene rings is 1. The number of hydrogen-bond donors (Lipinski definition) is 0. The van der Waals surface area contributed by atoms with Gasteiger partial charge < -0.3 is 4.74 Å². The Bertz CT molecular complexity index is 304. The van der Waals surface area contributed by atoms with Gasteiger partial charge in [0.05, 0.1) is 10.2 Å². The normalized spacial score (nSPS) is 10.5. The molecule has 0 N–H and O–H groups in total. The van der Waals surface area contributed by atoms with Gasteiger partial charge in [0.25, 0.3) is 0 Å². The van der Waals surface area contributed by atoms with Crippen molar-refractivity contribution < 1.29 is 4.74 Å². The van der Waals surface area contributed by atoms with Crippen molar-refractivity contribution in [3.63, 3.8) is 0 Å². The van der Waals surface area contributed by atoms with Gasteiger partial charge in [-0.15, -0.1) is 0 Å². The summed E-state index contributed by atoms with van der Waals surface area (Å²) < 4.78 is 6.95. The highest BCUT2D eigenvalue weighted by molar-refractivity contribution is 14.1. The van der Waals surface area contributed by atoms with E-state index in [-0.39, 0.29) is 0 Å². The van der Waals surface area contributed by atoms with Crippen LogP contribution in [-0.2, 0) is 0 Å². The average molecular weight is 411 g/mol. The molecular weight excluding hydrogens is 391 g/mol. The minimum Gasteiger partial charge on any atom is -0.492 e. The number of para-hydroxylation sites is 1. The van der Waals surface area contributed by atoms with E-state index in [1.54, 1.807) is 0 Å². The van der Waals surface area contributed by atoms with Gasteiger partial charge in [-0.25, -0.2) is 0 Å². The molecule has 0 amide bonds. The first-order chi connectivity index (χ1) is 8.34. The Morgan fingerprint density at radius 2 is 1.59 bits per heavy atom. The molecule has 3 heteroatoms. The molecule has 1 aromatic carbocycles. The van der Waals surface area contributed by atoms with Crippen LogP contribution in [0.2, 0.25) is 0 Å². The molecule has 0 aliphatic rings. The summed E-state index contributed by atoms with van der Waals surface area (Å²) in [6.07, 6.45) is 7.79. The summed E-state index contributed by atoms with van der Waals surface area (Å²) in [6, 6.07) is 8.18. The standard InChI is InChI=1S/C14H20BrIO/c15-11-7-3-1-2-4-8-12-17-14-10-6-5-9-13(14)16/h5-6,9-10H,1-4,7-8,11-12H2. The van der Waals surface area contributed by atoms with E-state index >= 15 is 0 Å². The second kappa shape index (κ2) is 10.2. The van der Waals surface area contributed by atoms with Crippen molar-refractivity contribution in [3.8, 4) is 5.75 Å². The molecule has 1 aromatic rings. The Hall–Kier alpha value is 0.230. The fourth-order valence-corrected chi connectivity index (χ4v) is 2.59. The summed E-state index contributed by atoms with van der Waals surface area (Å²) in [5, 5.41) is 1.14. The smallest absolute Gasteiger partial charge is 0.132 e. The predicted octanol–water partition coefficient (Wildman–Crippen LogP) is 5.41. The number of alkyl halides is 1. The highest BCUT2D eigenvalue weighted by Gasteiger charge is 1.98. The van der Waals surface area contributed by atoms with E-state index in [2.05, 4.69) is 44.6 Å². The van der Waals surface area contributed by atoms with Crippen molar-refractivity contribution in [2.24, 2.45) is 0 Å². The maximum atomic E-state index is 5.75. The first-order valence-corrected chi connectivity index (χ1v) is 8.48. The molecule has 0 atom stereocenters. The molecule has 0 aliphatic carbocycles. The first-order valence-electron chi connectivity index (χ1n) is 6.28. The molecule has 0 heterocycles. The minimum atomic E-state index is 0.846. The lowest BCUT2D eigenvalue weighted by Gasteiger charge is -2.07. The van der Waals surface area contributed by atoms with E-state index in [1.807, 2.05) is 18.2 Å². The molecule has 0 unspecified atom stereocenters. The summed E-state index contributed by atoms with van der Waals surface area (Å²) in [6.45, 7) is 0.846. The van der Waals surface area contributed by atoms with Crippen LogP contribution in [-0.4, -0.2) is 11.9 Å². The number of ether oxygens (including phenoxy) is 1. The summed E-state index contributed by atoms with van der Waals surface area (Å²) in [4.78, 5) is 0. The van der Waals surface area contributed by atoms with Gasteiger partial charge in [0.15, 0.2) is 0 Å². The van der Waals surface area contributed by atoms with E-state index < -0.39 is 0 Å². The predicted molar refractivity (Wildman–Crippen MR) is 86.2 cm³/mol. The Kier molecular flexibility index (Phi) is 9.16. The SMILES string of the molecule is BrCCCCCCCCOc1ccccc1I. The molecule has 0 saturated heterocycles. The van der Waals surface area contributed by atoms with Crippen LogP contribution in [0.4, 0.5) is 0 Å². The zero-order valence-electron chi connectivity index (χ0n) is 10.1. The van der Waals surface area contributed by atoms with Crippen LogP contribution >= 0.6 is 38.5 Å². The number of halogens is 2. The maximum absolute atomic E-state index is 5.75. The number of hydrogen-bond acceptors (Lipinski definition) is 1. The van der Waals surface area contributed by atoms with Gasteiger partial charge in [-0.1, -0.05) is 53.7 Å². The van der Waals surface area contributed by atoms with Gasteiger partial charge in [-0.05, 0) is 47.6 Å². The van der Waals surface area contributed by atoms with Crippen molar-refractivity contribution >= 4 is 38.5 Å². The number of unbranched alkanes of at least 4 members (excludes halogenated alkanes) is 5. The van der Waals surface area contributed by atoms with Crippen LogP contribution in [0.15, 0.2) is 24.3 Å². The minimum absolute atomic E-state index is 0.846. The fourth-order valence-electron chi connectivity index (χ4n) is 1.65. The molecule has 1 nitrogen and oxygen atoms in total. The lowest BCUT2D eigenvalue weighted by Crippen LogP contribution is -1.98. The van der Waals surface area contributed by atoms with Crippen LogP contribution in [0.3, 0.4) is 0 Å². The molecule has 0 radical (unpaired) electrons. The van der Waals surface area contributed by atoms with Gasteiger partial charge in [-0.3, -0.25) is 0 Å². The van der Waals surface area contributed by atoms with Crippen LogP contribution in [0.1, 0.15) is 38.5 Å². The first kappa shape index (κ1) is 15.3. The van der Waals surface area contributed by atoms with E-state index in [0.29, 0.717) is 0 Å². The molecular formula is C14H20BrIO. The largest absolute Gasteiger partial charge is 0.492 e. The Morgan fingerprint density at radius 1 is 0.941 bits per heavy atom. The fraction of sp³-hybridized carbons (Fsp3) is 0.571. The topological polar surface area (TPSA) is 9.23 Å². The van der Waals surface area contributed by atoms with E-state index in [1.165, 1.54) is 42.1 Å². The third kappa shape index (κ3) is 7.29. The van der Waals surface area contributed by atoms with Gasteiger partial charge >= 0.3 is 0 Å². The third-order valence-corrected chi connectivity index (χ3v) is 4.07. The van der Waals surface area contributed by atoms with Crippen molar-refractivity contribution in [1.29, 1.82) is 0 Å². The summed E-state index contributed by atoms with van der Waals surface area (Å²) >= 11 is 5.77. The monoisotopic (exact) mass is 410 g/mol. The highest BCUT2D eigenvalue weighted by atomic mass is 127. The second-order valence-electron chi connectivity index (χ2n) is 4.09. The molecule has 0 aromatic heterocycles. The van der Waals surface area contributed by atoms with Gasteiger partial charge in [0.2, 0.25) is 0 Å². The summed E-state index contributed by atoms with van der Waals surface area (Å²) in [5.74, 6) is 1.02. The van der Waals surface area contributed by atoms with Crippen LogP contribution in [0.5, 0.6) is 5.75 Å². The Balaban J connectivity index is 1.99. The van der Waals surface area contributed by atoms with Crippen molar-refractivity contribution in [2.75, 3.05) is 11.9 Å². The van der Waals surface area contributed by atoms with Gasteiger partial charge in [0.1, 0.15) is 5.75 Å². The van der Waals surface area contributed by atoms with Crippen molar-refractivity contribution in [2.45, 2.75) is 38.5 Å². The van der Waals surface area contributed by atoms with E-state index in [9.17, 15) is 0 Å². The van der Waals surface area contributed by atoms with Crippen LogP contribution in [0.25, 0.3) is 0 Å². The third-order valence-electron chi connectivity index (χ3n) is 2.62. The Morgan fingerprint density at radius 3 is 2.29 bits per heavy atom. The lowest BCUT2D eigenvalue weighted by atomic mass is 10.1. The molecule has 0 spiro atoms. The zero-order chi connectivity index (χ0) is 12.3.